The first-order chi connectivity index (χ1) is 8.29. The van der Waals surface area contributed by atoms with Crippen LogP contribution in [0.15, 0.2) is 18.3 Å². The van der Waals surface area contributed by atoms with E-state index < -0.39 is 0 Å². The van der Waals surface area contributed by atoms with Gasteiger partial charge in [-0.15, -0.1) is 0 Å². The van der Waals surface area contributed by atoms with Crippen molar-refractivity contribution in [1.82, 2.24) is 9.88 Å². The third-order valence-electron chi connectivity index (χ3n) is 3.13. The molecule has 1 fully saturated rings. The summed E-state index contributed by atoms with van der Waals surface area (Å²) in [5.41, 5.74) is 1.99. The quantitative estimate of drug-likeness (QED) is 0.868. The maximum absolute atomic E-state index is 11.9. The second kappa shape index (κ2) is 5.66. The standard InChI is InChI=1S/C13H19N3O/c1-14-11-6-7-15-12(9-11)10-16-8-4-2-3-5-13(16)17/h6-7,9H,2-5,8,10H2,1H3,(H,14,15). The summed E-state index contributed by atoms with van der Waals surface area (Å²) in [7, 11) is 1.89. The summed E-state index contributed by atoms with van der Waals surface area (Å²) in [4.78, 5) is 18.1. The lowest BCUT2D eigenvalue weighted by Crippen LogP contribution is -2.30. The smallest absolute Gasteiger partial charge is 0.222 e. The fourth-order valence-electron chi connectivity index (χ4n) is 2.12. The summed E-state index contributed by atoms with van der Waals surface area (Å²) in [6, 6.07) is 3.92. The fourth-order valence-corrected chi connectivity index (χ4v) is 2.12. The Morgan fingerprint density at radius 2 is 2.29 bits per heavy atom. The molecule has 2 rings (SSSR count). The van der Waals surface area contributed by atoms with Crippen LogP contribution in [0.25, 0.3) is 0 Å². The second-order valence-corrected chi connectivity index (χ2v) is 4.41. The van der Waals surface area contributed by atoms with Gasteiger partial charge in [-0.25, -0.2) is 0 Å². The van der Waals surface area contributed by atoms with E-state index in [0.29, 0.717) is 13.0 Å². The van der Waals surface area contributed by atoms with Crippen molar-refractivity contribution >= 4 is 11.6 Å². The first-order valence-corrected chi connectivity index (χ1v) is 6.20. The highest BCUT2D eigenvalue weighted by Crippen LogP contribution is 2.15. The van der Waals surface area contributed by atoms with Gasteiger partial charge in [-0.05, 0) is 25.0 Å². The molecule has 0 unspecified atom stereocenters. The summed E-state index contributed by atoms with van der Waals surface area (Å²) >= 11 is 0. The lowest BCUT2D eigenvalue weighted by atomic mass is 10.2. The molecule has 17 heavy (non-hydrogen) atoms. The van der Waals surface area contributed by atoms with Gasteiger partial charge in [0.05, 0.1) is 12.2 Å². The average Bonchev–Trinajstić information content (AvgIpc) is 2.55. The van der Waals surface area contributed by atoms with Gasteiger partial charge in [-0.1, -0.05) is 6.42 Å². The van der Waals surface area contributed by atoms with Gasteiger partial charge in [-0.3, -0.25) is 9.78 Å². The Balaban J connectivity index is 2.05. The van der Waals surface area contributed by atoms with Crippen molar-refractivity contribution in [2.24, 2.45) is 0 Å². The number of hydrogen-bond donors (Lipinski definition) is 1. The van der Waals surface area contributed by atoms with Gasteiger partial charge in [0.15, 0.2) is 0 Å². The SMILES string of the molecule is CNc1ccnc(CN2CCCCCC2=O)c1. The molecule has 2 heterocycles. The van der Waals surface area contributed by atoms with Crippen LogP contribution in [0, 0.1) is 0 Å². The molecule has 0 spiro atoms. The van der Waals surface area contributed by atoms with Gasteiger partial charge in [0, 0.05) is 31.9 Å². The number of carbonyl (C=O) groups excluding carboxylic acids is 1. The van der Waals surface area contributed by atoms with E-state index in [1.807, 2.05) is 24.1 Å². The third kappa shape index (κ3) is 3.19. The molecular weight excluding hydrogens is 214 g/mol. The normalized spacial score (nSPS) is 16.8. The number of anilines is 1. The predicted molar refractivity (Wildman–Crippen MR) is 67.7 cm³/mol. The molecule has 0 bridgehead atoms. The summed E-state index contributed by atoms with van der Waals surface area (Å²) in [5, 5.41) is 3.08. The number of pyridine rings is 1. The van der Waals surface area contributed by atoms with Crippen LogP contribution in [0.3, 0.4) is 0 Å². The number of amides is 1. The van der Waals surface area contributed by atoms with E-state index in [0.717, 1.165) is 37.2 Å². The molecule has 4 nitrogen and oxygen atoms in total. The van der Waals surface area contributed by atoms with E-state index in [2.05, 4.69) is 10.3 Å². The minimum Gasteiger partial charge on any atom is -0.388 e. The van der Waals surface area contributed by atoms with E-state index in [1.165, 1.54) is 0 Å². The summed E-state index contributed by atoms with van der Waals surface area (Å²) in [5.74, 6) is 0.263. The summed E-state index contributed by atoms with van der Waals surface area (Å²) in [6.45, 7) is 1.50. The van der Waals surface area contributed by atoms with Gasteiger partial charge in [0.1, 0.15) is 0 Å². The Labute approximate surface area is 102 Å². The predicted octanol–water partition coefficient (Wildman–Crippen LogP) is 2.03. The first-order valence-electron chi connectivity index (χ1n) is 6.20. The lowest BCUT2D eigenvalue weighted by molar-refractivity contribution is -0.131. The van der Waals surface area contributed by atoms with Gasteiger partial charge >= 0.3 is 0 Å². The van der Waals surface area contributed by atoms with Crippen molar-refractivity contribution in [3.05, 3.63) is 24.0 Å². The van der Waals surface area contributed by atoms with Crippen molar-refractivity contribution in [1.29, 1.82) is 0 Å². The molecule has 4 heteroatoms. The Morgan fingerprint density at radius 3 is 3.12 bits per heavy atom. The van der Waals surface area contributed by atoms with Gasteiger partial charge in [0.2, 0.25) is 5.91 Å². The highest BCUT2D eigenvalue weighted by atomic mass is 16.2. The Kier molecular flexibility index (Phi) is 3.96. The molecule has 0 atom stereocenters. The molecular formula is C13H19N3O. The fraction of sp³-hybridized carbons (Fsp3) is 0.538. The highest BCUT2D eigenvalue weighted by molar-refractivity contribution is 5.76. The van der Waals surface area contributed by atoms with Crippen LogP contribution in [-0.4, -0.2) is 29.4 Å². The van der Waals surface area contributed by atoms with Crippen molar-refractivity contribution in [3.63, 3.8) is 0 Å². The molecule has 0 aliphatic carbocycles. The minimum atomic E-state index is 0.263. The molecule has 0 radical (unpaired) electrons. The zero-order chi connectivity index (χ0) is 12.1. The van der Waals surface area contributed by atoms with E-state index >= 15 is 0 Å². The monoisotopic (exact) mass is 233 g/mol. The topological polar surface area (TPSA) is 45.2 Å². The highest BCUT2D eigenvalue weighted by Gasteiger charge is 2.16. The maximum atomic E-state index is 11.9. The summed E-state index contributed by atoms with van der Waals surface area (Å²) < 4.78 is 0. The minimum absolute atomic E-state index is 0.263. The number of carbonyl (C=O) groups is 1. The molecule has 1 N–H and O–H groups in total. The average molecular weight is 233 g/mol. The lowest BCUT2D eigenvalue weighted by Gasteiger charge is -2.20. The first kappa shape index (κ1) is 11.9. The number of nitrogens with zero attached hydrogens (tertiary/aromatic N) is 2. The van der Waals surface area contributed by atoms with Crippen LogP contribution in [-0.2, 0) is 11.3 Å². The Bertz CT molecular complexity index is 392. The Hall–Kier alpha value is -1.58. The second-order valence-electron chi connectivity index (χ2n) is 4.41. The number of hydrogen-bond acceptors (Lipinski definition) is 3. The van der Waals surface area contributed by atoms with E-state index in [1.54, 1.807) is 6.20 Å². The number of likely N-dealkylation sites (tertiary alicyclic amines) is 1. The molecule has 0 saturated carbocycles. The maximum Gasteiger partial charge on any atom is 0.222 e. The van der Waals surface area contributed by atoms with E-state index in [4.69, 9.17) is 0 Å². The third-order valence-corrected chi connectivity index (χ3v) is 3.13. The Morgan fingerprint density at radius 1 is 1.41 bits per heavy atom. The zero-order valence-electron chi connectivity index (χ0n) is 10.3. The van der Waals surface area contributed by atoms with Crippen molar-refractivity contribution < 1.29 is 4.79 Å². The largest absolute Gasteiger partial charge is 0.388 e. The number of aromatic nitrogens is 1. The van der Waals surface area contributed by atoms with Crippen LogP contribution >= 0.6 is 0 Å². The number of nitrogens with one attached hydrogen (secondary N) is 1. The van der Waals surface area contributed by atoms with Gasteiger partial charge in [0.25, 0.3) is 0 Å². The molecule has 0 aromatic carbocycles. The van der Waals surface area contributed by atoms with Crippen LogP contribution in [0.4, 0.5) is 5.69 Å². The molecule has 1 aromatic rings. The molecule has 1 aromatic heterocycles. The van der Waals surface area contributed by atoms with Crippen molar-refractivity contribution in [3.8, 4) is 0 Å². The summed E-state index contributed by atoms with van der Waals surface area (Å²) in [6.07, 6.45) is 5.76. The molecule has 1 aliphatic rings. The number of rotatable bonds is 3. The van der Waals surface area contributed by atoms with Crippen LogP contribution in [0.5, 0.6) is 0 Å². The van der Waals surface area contributed by atoms with E-state index in [-0.39, 0.29) is 5.91 Å². The van der Waals surface area contributed by atoms with E-state index in [9.17, 15) is 4.79 Å². The van der Waals surface area contributed by atoms with Crippen molar-refractivity contribution in [2.45, 2.75) is 32.2 Å². The zero-order valence-corrected chi connectivity index (χ0v) is 10.3. The van der Waals surface area contributed by atoms with Gasteiger partial charge in [-0.2, -0.15) is 0 Å². The molecule has 1 aliphatic heterocycles. The van der Waals surface area contributed by atoms with Crippen LogP contribution < -0.4 is 5.32 Å². The van der Waals surface area contributed by atoms with Gasteiger partial charge < -0.3 is 10.2 Å². The van der Waals surface area contributed by atoms with Crippen molar-refractivity contribution in [2.75, 3.05) is 18.9 Å². The van der Waals surface area contributed by atoms with Crippen LogP contribution in [0.2, 0.25) is 0 Å². The molecule has 1 amide bonds. The molecule has 1 saturated heterocycles. The molecule has 92 valence electrons. The van der Waals surface area contributed by atoms with Crippen LogP contribution in [0.1, 0.15) is 31.4 Å².